The number of nitrogens with zero attached hydrogens (tertiary/aromatic N) is 2. The second kappa shape index (κ2) is 5.01. The van der Waals surface area contributed by atoms with E-state index in [-0.39, 0.29) is 5.82 Å². The quantitative estimate of drug-likeness (QED) is 0.559. The Bertz CT molecular complexity index is 402. The van der Waals surface area contributed by atoms with Crippen LogP contribution in [0, 0.1) is 12.7 Å². The molecule has 0 fully saturated rings. The molecule has 2 aromatic heterocycles. The molecule has 5 heteroatoms. The van der Waals surface area contributed by atoms with Crippen LogP contribution in [0.25, 0.3) is 10.9 Å². The van der Waals surface area contributed by atoms with E-state index in [0.717, 1.165) is 0 Å². The summed E-state index contributed by atoms with van der Waals surface area (Å²) in [5, 5.41) is 0.553. The van der Waals surface area contributed by atoms with E-state index in [2.05, 4.69) is 29.6 Å². The number of fused-ring (bicyclic) bond motifs is 1. The van der Waals surface area contributed by atoms with Crippen molar-refractivity contribution >= 4 is 30.6 Å². The van der Waals surface area contributed by atoms with Gasteiger partial charge in [-0.15, -0.1) is 5.52 Å². The summed E-state index contributed by atoms with van der Waals surface area (Å²) in [7, 11) is 0. The van der Waals surface area contributed by atoms with Gasteiger partial charge in [-0.1, -0.05) is 6.07 Å². The molecule has 2 aromatic rings. The van der Waals surface area contributed by atoms with Crippen molar-refractivity contribution in [2.24, 2.45) is 0 Å². The molecule has 0 amide bonds. The minimum absolute atomic E-state index is 0.264. The molecule has 0 aliphatic rings. The van der Waals surface area contributed by atoms with Gasteiger partial charge in [-0.05, 0) is 12.3 Å². The zero-order valence-corrected chi connectivity index (χ0v) is 11.4. The number of halogens is 2. The summed E-state index contributed by atoms with van der Waals surface area (Å²) in [6, 6.07) is 1.65. The number of rotatable bonds is 0. The Kier molecular flexibility index (Phi) is 4.27. The van der Waals surface area contributed by atoms with Crippen LogP contribution in [0.3, 0.4) is 0 Å². The SMILES string of the molecule is Cc1ncc2[n-]ccc2c1F.[I][Os]. The van der Waals surface area contributed by atoms with E-state index in [1.54, 1.807) is 25.4 Å². The summed E-state index contributed by atoms with van der Waals surface area (Å²) < 4.78 is 13.1. The Balaban J connectivity index is 0.000000396. The topological polar surface area (TPSA) is 27.0 Å². The van der Waals surface area contributed by atoms with Crippen LogP contribution in [-0.4, -0.2) is 4.98 Å². The van der Waals surface area contributed by atoms with E-state index in [1.165, 1.54) is 0 Å². The first kappa shape index (κ1) is 11.1. The minimum atomic E-state index is -0.264. The van der Waals surface area contributed by atoms with Crippen LogP contribution >= 0.6 is 19.7 Å². The Hall–Kier alpha value is -0.0136. The monoisotopic (exact) mass is 468 g/mol. The Morgan fingerprint density at radius 2 is 2.23 bits per heavy atom. The number of hydrogen-bond donors (Lipinski definition) is 0. The van der Waals surface area contributed by atoms with Crippen molar-refractivity contribution in [3.63, 3.8) is 0 Å². The molecule has 2 rings (SSSR count). The molecule has 2 heterocycles. The molecular weight excluding hydrogens is 460 g/mol. The van der Waals surface area contributed by atoms with Crippen molar-refractivity contribution in [2.75, 3.05) is 0 Å². The maximum absolute atomic E-state index is 13.1. The van der Waals surface area contributed by atoms with Gasteiger partial charge in [-0.25, -0.2) is 4.39 Å². The van der Waals surface area contributed by atoms with Crippen LogP contribution < -0.4 is 4.98 Å². The first-order valence-corrected chi connectivity index (χ1v) is 10.7. The van der Waals surface area contributed by atoms with Gasteiger partial charge in [-0.2, -0.15) is 6.20 Å². The molecule has 0 aliphatic carbocycles. The van der Waals surface area contributed by atoms with Crippen LogP contribution in [0.15, 0.2) is 18.5 Å². The van der Waals surface area contributed by atoms with Gasteiger partial charge in [0.2, 0.25) is 0 Å². The maximum atomic E-state index is 13.1. The van der Waals surface area contributed by atoms with E-state index < -0.39 is 0 Å². The average Bonchev–Trinajstić information content (AvgIpc) is 2.63. The first-order chi connectivity index (χ1) is 6.29. The normalized spacial score (nSPS) is 9.54. The third kappa shape index (κ3) is 2.26. The zero-order chi connectivity index (χ0) is 9.84. The molecule has 0 spiro atoms. The molecular formula is C8H6FIN2Os-. The van der Waals surface area contributed by atoms with Gasteiger partial charge in [0.05, 0.1) is 5.69 Å². The molecule has 0 N–H and O–H groups in total. The summed E-state index contributed by atoms with van der Waals surface area (Å²) >= 11 is 4.01. The van der Waals surface area contributed by atoms with E-state index in [9.17, 15) is 4.39 Å². The van der Waals surface area contributed by atoms with Gasteiger partial charge in [0.1, 0.15) is 5.82 Å². The Morgan fingerprint density at radius 1 is 1.54 bits per heavy atom. The molecule has 0 atom stereocenters. The van der Waals surface area contributed by atoms with Crippen molar-refractivity contribution in [1.29, 1.82) is 0 Å². The van der Waals surface area contributed by atoms with Gasteiger partial charge < -0.3 is 4.98 Å². The zero-order valence-electron chi connectivity index (χ0n) is 6.74. The first-order valence-electron chi connectivity index (χ1n) is 3.45. The van der Waals surface area contributed by atoms with Gasteiger partial charge in [0.15, 0.2) is 0 Å². The van der Waals surface area contributed by atoms with Gasteiger partial charge in [0.25, 0.3) is 0 Å². The molecule has 0 aliphatic heterocycles. The fourth-order valence-corrected chi connectivity index (χ4v) is 1.05. The standard InChI is InChI=1S/C8H6FN2.HI.Os/c1-5-8(9)6-2-3-10-7(6)4-11-5;;/h2-4H,1H3;1H;/q-1;;+1/p-1. The van der Waals surface area contributed by atoms with Crippen LogP contribution in [0.2, 0.25) is 0 Å². The predicted octanol–water partition coefficient (Wildman–Crippen LogP) is 2.52. The van der Waals surface area contributed by atoms with Crippen LogP contribution in [0.5, 0.6) is 0 Å². The van der Waals surface area contributed by atoms with Gasteiger partial charge in [0, 0.05) is 6.20 Å². The number of aryl methyl sites for hydroxylation is 1. The number of hydrogen-bond acceptors (Lipinski definition) is 1. The van der Waals surface area contributed by atoms with Gasteiger partial charge in [-0.3, -0.25) is 4.98 Å². The fraction of sp³-hybridized carbons (Fsp3) is 0.125. The van der Waals surface area contributed by atoms with E-state index in [1.807, 2.05) is 15.1 Å². The van der Waals surface area contributed by atoms with Gasteiger partial charge >= 0.3 is 34.7 Å². The molecule has 2 nitrogen and oxygen atoms in total. The average molecular weight is 466 g/mol. The van der Waals surface area contributed by atoms with Crippen molar-refractivity contribution < 1.29 is 19.4 Å². The Morgan fingerprint density at radius 3 is 2.92 bits per heavy atom. The van der Waals surface area contributed by atoms with Crippen molar-refractivity contribution in [3.05, 3.63) is 30.0 Å². The molecule has 0 saturated heterocycles. The number of aromatic nitrogens is 2. The molecule has 0 bridgehead atoms. The third-order valence-electron chi connectivity index (χ3n) is 1.67. The molecule has 0 unspecified atom stereocenters. The summed E-state index contributed by atoms with van der Waals surface area (Å²) in [6.07, 6.45) is 3.16. The molecule has 13 heavy (non-hydrogen) atoms. The van der Waals surface area contributed by atoms with E-state index in [0.29, 0.717) is 16.6 Å². The fourth-order valence-electron chi connectivity index (χ4n) is 1.05. The van der Waals surface area contributed by atoms with Crippen molar-refractivity contribution in [2.45, 2.75) is 6.92 Å². The van der Waals surface area contributed by atoms with Crippen molar-refractivity contribution in [1.82, 2.24) is 9.97 Å². The molecule has 0 aromatic carbocycles. The summed E-state index contributed by atoms with van der Waals surface area (Å²) in [4.78, 5) is 7.76. The van der Waals surface area contributed by atoms with Crippen LogP contribution in [0.1, 0.15) is 5.69 Å². The van der Waals surface area contributed by atoms with Crippen molar-refractivity contribution in [3.8, 4) is 0 Å². The number of pyridine rings is 1. The molecule has 0 saturated carbocycles. The third-order valence-corrected chi connectivity index (χ3v) is 1.67. The second-order valence-electron chi connectivity index (χ2n) is 2.40. The summed E-state index contributed by atoms with van der Waals surface area (Å²) in [6.45, 7) is 1.64. The second-order valence-corrected chi connectivity index (χ2v) is 2.40. The summed E-state index contributed by atoms with van der Waals surface area (Å²) in [5.74, 6) is -0.264. The molecule has 71 valence electrons. The predicted molar refractivity (Wildman–Crippen MR) is 53.8 cm³/mol. The van der Waals surface area contributed by atoms with E-state index in [4.69, 9.17) is 0 Å². The Labute approximate surface area is 96.4 Å². The van der Waals surface area contributed by atoms with E-state index >= 15 is 0 Å². The van der Waals surface area contributed by atoms with Crippen LogP contribution in [-0.2, 0) is 15.1 Å². The van der Waals surface area contributed by atoms with Crippen LogP contribution in [0.4, 0.5) is 4.39 Å². The summed E-state index contributed by atoms with van der Waals surface area (Å²) in [5.41, 5.74) is 1.04. The molecule has 0 radical (unpaired) electrons.